The van der Waals surface area contributed by atoms with Gasteiger partial charge in [0.2, 0.25) is 11.8 Å². The van der Waals surface area contributed by atoms with Gasteiger partial charge in [0, 0.05) is 19.2 Å². The van der Waals surface area contributed by atoms with Crippen LogP contribution in [0.2, 0.25) is 0 Å². The molecule has 0 aliphatic heterocycles. The Labute approximate surface area is 134 Å². The molecule has 126 valence electrons. The molecule has 1 rings (SSSR count). The average Bonchev–Trinajstić information content (AvgIpc) is 2.54. The Bertz CT molecular complexity index is 560. The first-order valence-corrected chi connectivity index (χ1v) is 6.91. The van der Waals surface area contributed by atoms with Crippen molar-refractivity contribution in [3.8, 4) is 11.5 Å². The maximum atomic E-state index is 11.6. The van der Waals surface area contributed by atoms with Crippen LogP contribution in [0.15, 0.2) is 23.3 Å². The molecule has 0 aromatic heterocycles. The number of hydrogen-bond donors (Lipinski definition) is 2. The molecule has 0 atom stereocenters. The van der Waals surface area contributed by atoms with Gasteiger partial charge in [0.15, 0.2) is 11.5 Å². The van der Waals surface area contributed by atoms with E-state index in [1.165, 1.54) is 27.5 Å². The van der Waals surface area contributed by atoms with Crippen LogP contribution in [0.3, 0.4) is 0 Å². The first-order chi connectivity index (χ1) is 11.1. The van der Waals surface area contributed by atoms with Crippen molar-refractivity contribution in [1.29, 1.82) is 0 Å². The van der Waals surface area contributed by atoms with Gasteiger partial charge in [-0.2, -0.15) is 5.10 Å². The third-order valence-electron chi connectivity index (χ3n) is 2.78. The number of amides is 2. The topological polar surface area (TPSA) is 98.2 Å². The number of para-hydroxylation sites is 1. The molecular formula is C15H21N3O5. The summed E-state index contributed by atoms with van der Waals surface area (Å²) in [6, 6.07) is 5.28. The molecule has 0 spiro atoms. The fourth-order valence-corrected chi connectivity index (χ4v) is 1.73. The zero-order valence-electron chi connectivity index (χ0n) is 13.4. The highest BCUT2D eigenvalue weighted by atomic mass is 16.5. The molecule has 0 radical (unpaired) electrons. The summed E-state index contributed by atoms with van der Waals surface area (Å²) in [4.78, 5) is 23.0. The van der Waals surface area contributed by atoms with Gasteiger partial charge in [0.1, 0.15) is 6.42 Å². The van der Waals surface area contributed by atoms with Gasteiger partial charge >= 0.3 is 0 Å². The van der Waals surface area contributed by atoms with Gasteiger partial charge in [0.25, 0.3) is 0 Å². The molecule has 0 aliphatic rings. The van der Waals surface area contributed by atoms with Gasteiger partial charge in [-0.05, 0) is 12.1 Å². The lowest BCUT2D eigenvalue weighted by Gasteiger charge is -2.09. The van der Waals surface area contributed by atoms with Gasteiger partial charge in [-0.15, -0.1) is 0 Å². The highest BCUT2D eigenvalue weighted by Crippen LogP contribution is 2.29. The van der Waals surface area contributed by atoms with E-state index in [-0.39, 0.29) is 6.42 Å². The van der Waals surface area contributed by atoms with E-state index in [2.05, 4.69) is 15.8 Å². The van der Waals surface area contributed by atoms with Crippen LogP contribution in [0, 0.1) is 0 Å². The molecule has 1 aromatic carbocycles. The highest BCUT2D eigenvalue weighted by Gasteiger charge is 2.09. The van der Waals surface area contributed by atoms with E-state index in [1.54, 1.807) is 18.2 Å². The fraction of sp³-hybridized carbons (Fsp3) is 0.400. The zero-order valence-corrected chi connectivity index (χ0v) is 13.4. The lowest BCUT2D eigenvalue weighted by Crippen LogP contribution is -2.31. The van der Waals surface area contributed by atoms with Crippen LogP contribution < -0.4 is 20.2 Å². The van der Waals surface area contributed by atoms with E-state index in [0.29, 0.717) is 30.2 Å². The van der Waals surface area contributed by atoms with Crippen molar-refractivity contribution in [2.45, 2.75) is 6.42 Å². The summed E-state index contributed by atoms with van der Waals surface area (Å²) >= 11 is 0. The van der Waals surface area contributed by atoms with Crippen molar-refractivity contribution in [3.05, 3.63) is 23.8 Å². The van der Waals surface area contributed by atoms with Crippen molar-refractivity contribution in [3.63, 3.8) is 0 Å². The summed E-state index contributed by atoms with van der Waals surface area (Å²) in [6.07, 6.45) is 1.11. The Morgan fingerprint density at radius 2 is 1.96 bits per heavy atom. The van der Waals surface area contributed by atoms with Gasteiger partial charge in [-0.1, -0.05) is 6.07 Å². The maximum Gasteiger partial charge on any atom is 0.249 e. The number of benzene rings is 1. The predicted molar refractivity (Wildman–Crippen MR) is 84.8 cm³/mol. The lowest BCUT2D eigenvalue weighted by atomic mass is 10.2. The third-order valence-corrected chi connectivity index (χ3v) is 2.78. The largest absolute Gasteiger partial charge is 0.493 e. The number of hydrogen-bond acceptors (Lipinski definition) is 6. The average molecular weight is 323 g/mol. The summed E-state index contributed by atoms with van der Waals surface area (Å²) in [5.74, 6) is 0.150. The number of nitrogens with zero attached hydrogens (tertiary/aromatic N) is 1. The molecule has 0 heterocycles. The molecular weight excluding hydrogens is 302 g/mol. The highest BCUT2D eigenvalue weighted by molar-refractivity contribution is 5.97. The van der Waals surface area contributed by atoms with Crippen LogP contribution in [0.1, 0.15) is 12.0 Å². The number of ether oxygens (including phenoxy) is 3. The molecule has 0 saturated heterocycles. The van der Waals surface area contributed by atoms with Crippen LogP contribution in [0.25, 0.3) is 0 Å². The molecule has 0 aliphatic carbocycles. The first-order valence-electron chi connectivity index (χ1n) is 6.91. The normalized spacial score (nSPS) is 10.4. The van der Waals surface area contributed by atoms with Gasteiger partial charge < -0.3 is 19.5 Å². The number of carbonyl (C=O) groups is 2. The van der Waals surface area contributed by atoms with Crippen molar-refractivity contribution in [1.82, 2.24) is 10.7 Å². The molecule has 8 nitrogen and oxygen atoms in total. The van der Waals surface area contributed by atoms with Crippen molar-refractivity contribution < 1.29 is 23.8 Å². The minimum absolute atomic E-state index is 0.309. The zero-order chi connectivity index (χ0) is 17.1. The molecule has 0 fully saturated rings. The van der Waals surface area contributed by atoms with E-state index in [0.717, 1.165) is 0 Å². The molecule has 0 bridgehead atoms. The van der Waals surface area contributed by atoms with Crippen LogP contribution in [-0.4, -0.2) is 52.5 Å². The fourth-order valence-electron chi connectivity index (χ4n) is 1.73. The van der Waals surface area contributed by atoms with E-state index >= 15 is 0 Å². The molecule has 0 unspecified atom stereocenters. The quantitative estimate of drug-likeness (QED) is 0.295. The van der Waals surface area contributed by atoms with Crippen LogP contribution in [-0.2, 0) is 14.3 Å². The second-order valence-electron chi connectivity index (χ2n) is 4.40. The van der Waals surface area contributed by atoms with E-state index in [4.69, 9.17) is 14.2 Å². The predicted octanol–water partition coefficient (Wildman–Crippen LogP) is 0.307. The second-order valence-corrected chi connectivity index (χ2v) is 4.40. The van der Waals surface area contributed by atoms with Crippen molar-refractivity contribution in [2.75, 3.05) is 34.5 Å². The monoisotopic (exact) mass is 323 g/mol. The number of rotatable bonds is 9. The Hall–Kier alpha value is -2.61. The number of hydrazone groups is 1. The molecule has 8 heteroatoms. The van der Waals surface area contributed by atoms with Gasteiger partial charge in [-0.25, -0.2) is 5.43 Å². The number of nitrogens with one attached hydrogen (secondary N) is 2. The second kappa shape index (κ2) is 10.2. The Morgan fingerprint density at radius 3 is 2.61 bits per heavy atom. The summed E-state index contributed by atoms with van der Waals surface area (Å²) in [6.45, 7) is 0.744. The minimum atomic E-state index is -0.516. The number of carbonyl (C=O) groups excluding carboxylic acids is 2. The Balaban J connectivity index is 2.53. The molecule has 1 aromatic rings. The van der Waals surface area contributed by atoms with E-state index in [1.807, 2.05) is 0 Å². The van der Waals surface area contributed by atoms with Gasteiger partial charge in [0.05, 0.1) is 27.0 Å². The Morgan fingerprint density at radius 1 is 1.17 bits per heavy atom. The molecule has 0 saturated carbocycles. The van der Waals surface area contributed by atoms with Crippen molar-refractivity contribution in [2.24, 2.45) is 5.10 Å². The summed E-state index contributed by atoms with van der Waals surface area (Å²) in [5, 5.41) is 6.35. The van der Waals surface area contributed by atoms with E-state index < -0.39 is 11.8 Å². The molecule has 23 heavy (non-hydrogen) atoms. The summed E-state index contributed by atoms with van der Waals surface area (Å²) in [5.41, 5.74) is 2.92. The van der Waals surface area contributed by atoms with Crippen molar-refractivity contribution >= 4 is 18.0 Å². The maximum absolute atomic E-state index is 11.6. The summed E-state index contributed by atoms with van der Waals surface area (Å²) < 4.78 is 15.2. The third kappa shape index (κ3) is 6.35. The minimum Gasteiger partial charge on any atom is -0.493 e. The van der Waals surface area contributed by atoms with Crippen LogP contribution in [0.4, 0.5) is 0 Å². The standard InChI is InChI=1S/C15H21N3O5/c1-21-8-7-16-13(19)9-14(20)18-17-10-11-5-4-6-12(22-2)15(11)23-3/h4-6,10H,7-9H2,1-3H3,(H,16,19)(H,18,20)/b17-10+. The first kappa shape index (κ1) is 18.4. The summed E-state index contributed by atoms with van der Waals surface area (Å²) in [7, 11) is 4.57. The Kier molecular flexibility index (Phi) is 8.16. The smallest absolute Gasteiger partial charge is 0.249 e. The number of methoxy groups -OCH3 is 3. The van der Waals surface area contributed by atoms with Gasteiger partial charge in [-0.3, -0.25) is 9.59 Å². The molecule has 2 N–H and O–H groups in total. The van der Waals surface area contributed by atoms with Crippen LogP contribution >= 0.6 is 0 Å². The molecule has 2 amide bonds. The lowest BCUT2D eigenvalue weighted by molar-refractivity contribution is -0.129. The van der Waals surface area contributed by atoms with E-state index in [9.17, 15) is 9.59 Å². The SMILES string of the molecule is COCCNC(=O)CC(=O)N/N=C/c1cccc(OC)c1OC. The van der Waals surface area contributed by atoms with Crippen LogP contribution in [0.5, 0.6) is 11.5 Å².